The van der Waals surface area contributed by atoms with Crippen LogP contribution in [0.5, 0.6) is 0 Å². The van der Waals surface area contributed by atoms with Crippen LogP contribution in [0.2, 0.25) is 0 Å². The highest BCUT2D eigenvalue weighted by molar-refractivity contribution is 8.91. The molecule has 0 aromatic heterocycles. The Kier molecular flexibility index (Phi) is 6.33. The van der Waals surface area contributed by atoms with Gasteiger partial charge in [0.25, 0.3) is 0 Å². The summed E-state index contributed by atoms with van der Waals surface area (Å²) in [6.45, 7) is 0. The number of alkyl halides is 7. The van der Waals surface area contributed by atoms with Gasteiger partial charge in [0.2, 0.25) is 0 Å². The van der Waals surface area contributed by atoms with Gasteiger partial charge >= 0.3 is 17.4 Å². The molecule has 12 heteroatoms. The van der Waals surface area contributed by atoms with E-state index in [1.165, 1.54) is 42.3 Å². The zero-order valence-electron chi connectivity index (χ0n) is 12.3. The fraction of sp³-hybridized carbons (Fsp3) is 1.00. The molecule has 0 saturated carbocycles. The van der Waals surface area contributed by atoms with Gasteiger partial charge in [0.1, 0.15) is 0 Å². The molecule has 0 heterocycles. The molecule has 0 bridgehead atoms. The molecule has 0 spiro atoms. The standard InChI is InChI=1S/C9H18F7N3S2/c1-17(2)21(18(3)4,19(5)6)20-7(10,8(11,12)13)9(14,15)16/h1-6H3. The van der Waals surface area contributed by atoms with Crippen LogP contribution in [0.1, 0.15) is 0 Å². The normalized spacial score (nSPS) is 16.2. The first-order valence-corrected chi connectivity index (χ1v) is 8.26. The maximum absolute atomic E-state index is 14.0. The summed E-state index contributed by atoms with van der Waals surface area (Å²) < 4.78 is 94.1. The second-order valence-electron chi connectivity index (χ2n) is 4.58. The van der Waals surface area contributed by atoms with Crippen LogP contribution in [-0.2, 0) is 0 Å². The molecule has 0 fully saturated rings. The average molecular weight is 365 g/mol. The van der Waals surface area contributed by atoms with Gasteiger partial charge in [-0.15, -0.1) is 0 Å². The Morgan fingerprint density at radius 3 is 1.00 bits per heavy atom. The van der Waals surface area contributed by atoms with Crippen molar-refractivity contribution in [2.75, 3.05) is 42.3 Å². The van der Waals surface area contributed by atoms with Crippen molar-refractivity contribution in [1.82, 2.24) is 12.9 Å². The maximum Gasteiger partial charge on any atom is 0.442 e. The number of rotatable bonds is 5. The first-order chi connectivity index (χ1) is 9.04. The molecule has 0 unspecified atom stereocenters. The third-order valence-electron chi connectivity index (χ3n) is 2.38. The zero-order valence-corrected chi connectivity index (χ0v) is 13.9. The summed E-state index contributed by atoms with van der Waals surface area (Å²) in [4.78, 5) is 0. The van der Waals surface area contributed by atoms with E-state index in [1.54, 1.807) is 0 Å². The number of nitrogens with zero attached hydrogens (tertiary/aromatic N) is 3. The molecular weight excluding hydrogens is 347 g/mol. The third-order valence-corrected chi connectivity index (χ3v) is 10.2. The second-order valence-corrected chi connectivity index (χ2v) is 10.3. The Morgan fingerprint density at radius 1 is 0.619 bits per heavy atom. The van der Waals surface area contributed by atoms with Crippen LogP contribution in [-0.4, -0.2) is 72.6 Å². The molecule has 0 aliphatic carbocycles. The van der Waals surface area contributed by atoms with Crippen molar-refractivity contribution in [3.8, 4) is 0 Å². The van der Waals surface area contributed by atoms with E-state index in [0.29, 0.717) is 0 Å². The lowest BCUT2D eigenvalue weighted by Gasteiger charge is -2.55. The number of hydrogen-bond donors (Lipinski definition) is 0. The molecule has 0 rings (SSSR count). The van der Waals surface area contributed by atoms with Gasteiger partial charge in [-0.25, -0.2) is 17.3 Å². The lowest BCUT2D eigenvalue weighted by Crippen LogP contribution is -2.53. The summed E-state index contributed by atoms with van der Waals surface area (Å²) in [5.74, 6) is 0. The number of hydrogen-bond acceptors (Lipinski definition) is 4. The summed E-state index contributed by atoms with van der Waals surface area (Å²) >= 11 is 0. The van der Waals surface area contributed by atoms with Gasteiger partial charge in [-0.05, 0) is 62.7 Å². The predicted octanol–water partition coefficient (Wildman–Crippen LogP) is 3.66. The second kappa shape index (κ2) is 6.30. The van der Waals surface area contributed by atoms with Gasteiger partial charge in [0, 0.05) is 0 Å². The van der Waals surface area contributed by atoms with Crippen molar-refractivity contribution in [1.29, 1.82) is 0 Å². The summed E-state index contributed by atoms with van der Waals surface area (Å²) in [6.07, 6.45) is -12.2. The zero-order chi connectivity index (χ0) is 17.4. The van der Waals surface area contributed by atoms with Crippen LogP contribution < -0.4 is 0 Å². The van der Waals surface area contributed by atoms with Crippen molar-refractivity contribution < 1.29 is 30.7 Å². The van der Waals surface area contributed by atoms with Gasteiger partial charge in [-0.2, -0.15) is 26.3 Å². The van der Waals surface area contributed by atoms with Crippen molar-refractivity contribution in [2.45, 2.75) is 17.4 Å². The van der Waals surface area contributed by atoms with E-state index in [9.17, 15) is 30.7 Å². The topological polar surface area (TPSA) is 9.72 Å². The molecule has 0 atom stereocenters. The van der Waals surface area contributed by atoms with Crippen LogP contribution in [0.3, 0.4) is 0 Å². The van der Waals surface area contributed by atoms with Crippen LogP contribution in [0.4, 0.5) is 30.7 Å². The largest absolute Gasteiger partial charge is 0.442 e. The highest BCUT2D eigenvalue weighted by Crippen LogP contribution is 2.73. The SMILES string of the molecule is CN(C)S(SC(F)(C(F)(F)F)C(F)(F)F)(N(C)C)N(C)C. The summed E-state index contributed by atoms with van der Waals surface area (Å²) in [5, 5.41) is -5.37. The maximum atomic E-state index is 14.0. The Bertz CT molecular complexity index is 318. The van der Waals surface area contributed by atoms with Gasteiger partial charge < -0.3 is 0 Å². The van der Waals surface area contributed by atoms with E-state index in [1.807, 2.05) is 0 Å². The highest BCUT2D eigenvalue weighted by Gasteiger charge is 2.76. The van der Waals surface area contributed by atoms with Gasteiger partial charge in [0.05, 0.1) is 0 Å². The average Bonchev–Trinajstić information content (AvgIpc) is 2.20. The molecule has 0 aromatic carbocycles. The van der Waals surface area contributed by atoms with E-state index in [4.69, 9.17) is 0 Å². The van der Waals surface area contributed by atoms with Crippen molar-refractivity contribution in [2.24, 2.45) is 0 Å². The van der Waals surface area contributed by atoms with Gasteiger partial charge in [-0.1, -0.05) is 0 Å². The van der Waals surface area contributed by atoms with E-state index in [2.05, 4.69) is 0 Å². The Morgan fingerprint density at radius 2 is 0.857 bits per heavy atom. The van der Waals surface area contributed by atoms with E-state index < -0.39 is 37.8 Å². The van der Waals surface area contributed by atoms with Crippen LogP contribution in [0.15, 0.2) is 0 Å². The van der Waals surface area contributed by atoms with Crippen molar-refractivity contribution in [3.05, 3.63) is 0 Å². The Labute approximate surface area is 124 Å². The van der Waals surface area contributed by atoms with Crippen LogP contribution in [0.25, 0.3) is 0 Å². The first kappa shape index (κ1) is 21.1. The molecular formula is C9H18F7N3S2. The first-order valence-electron chi connectivity index (χ1n) is 5.42. The summed E-state index contributed by atoms with van der Waals surface area (Å²) in [7, 11) is 3.96. The monoisotopic (exact) mass is 365 g/mol. The van der Waals surface area contributed by atoms with E-state index in [0.717, 1.165) is 12.9 Å². The van der Waals surface area contributed by atoms with Crippen LogP contribution >= 0.6 is 20.4 Å². The minimum atomic E-state index is -6.09. The molecule has 0 amide bonds. The molecule has 0 aromatic rings. The molecule has 3 nitrogen and oxygen atoms in total. The smallest absolute Gasteiger partial charge is 0.242 e. The molecule has 0 N–H and O–H groups in total. The molecule has 0 radical (unpaired) electrons. The van der Waals surface area contributed by atoms with Crippen LogP contribution in [0, 0.1) is 0 Å². The van der Waals surface area contributed by atoms with Crippen molar-refractivity contribution >= 4 is 20.4 Å². The van der Waals surface area contributed by atoms with Crippen molar-refractivity contribution in [3.63, 3.8) is 0 Å². The third kappa shape index (κ3) is 3.71. The summed E-state index contributed by atoms with van der Waals surface area (Å²) in [6, 6.07) is 0. The lowest BCUT2D eigenvalue weighted by molar-refractivity contribution is -0.302. The summed E-state index contributed by atoms with van der Waals surface area (Å²) in [5.41, 5.74) is 0. The fourth-order valence-corrected chi connectivity index (χ4v) is 7.35. The van der Waals surface area contributed by atoms with Gasteiger partial charge in [-0.3, -0.25) is 0 Å². The predicted molar refractivity (Wildman–Crippen MR) is 72.2 cm³/mol. The van der Waals surface area contributed by atoms with Gasteiger partial charge in [0.15, 0.2) is 0 Å². The molecule has 0 aliphatic rings. The van der Waals surface area contributed by atoms with E-state index >= 15 is 0 Å². The molecule has 0 saturated heterocycles. The fourth-order valence-electron chi connectivity index (χ4n) is 1.61. The quantitative estimate of drug-likeness (QED) is 0.543. The molecule has 0 aliphatic heterocycles. The minimum Gasteiger partial charge on any atom is -0.242 e. The Hall–Kier alpha value is 0.0900. The minimum absolute atomic E-state index is 0.778. The highest BCUT2D eigenvalue weighted by atomic mass is 33.2. The van der Waals surface area contributed by atoms with E-state index in [-0.39, 0.29) is 0 Å². The lowest BCUT2D eigenvalue weighted by atomic mass is 10.3. The molecule has 21 heavy (non-hydrogen) atoms. The Balaban J connectivity index is 6.11. The number of halogens is 7. The molecule has 130 valence electrons.